The number of aryl methyl sites for hydroxylation is 1. The highest BCUT2D eigenvalue weighted by Crippen LogP contribution is 2.05. The maximum absolute atomic E-state index is 13.5. The highest BCUT2D eigenvalue weighted by molar-refractivity contribution is 5.79. The van der Waals surface area contributed by atoms with E-state index in [0.717, 1.165) is 0 Å². The van der Waals surface area contributed by atoms with Gasteiger partial charge in [0.25, 0.3) is 0 Å². The van der Waals surface area contributed by atoms with E-state index in [-0.39, 0.29) is 5.82 Å². The van der Waals surface area contributed by atoms with E-state index in [0.29, 0.717) is 24.6 Å². The molecule has 2 aromatic rings. The molecule has 0 aliphatic heterocycles. The third kappa shape index (κ3) is 3.85. The van der Waals surface area contributed by atoms with E-state index in [4.69, 9.17) is 0 Å². The minimum absolute atomic E-state index is 0.210. The largest absolute Gasteiger partial charge is 0.357 e. The molecule has 0 atom stereocenters. The first kappa shape index (κ1) is 14.1. The Kier molecular flexibility index (Phi) is 4.76. The summed E-state index contributed by atoms with van der Waals surface area (Å²) in [6, 6.07) is 8.75. The van der Waals surface area contributed by atoms with Crippen molar-refractivity contribution in [2.45, 2.75) is 13.1 Å². The maximum Gasteiger partial charge on any atom is 0.191 e. The molecule has 106 valence electrons. The van der Waals surface area contributed by atoms with E-state index < -0.39 is 0 Å². The molecule has 0 amide bonds. The zero-order valence-corrected chi connectivity index (χ0v) is 11.7. The van der Waals surface area contributed by atoms with Crippen LogP contribution < -0.4 is 10.6 Å². The fourth-order valence-corrected chi connectivity index (χ4v) is 1.89. The summed E-state index contributed by atoms with van der Waals surface area (Å²) < 4.78 is 15.5. The monoisotopic (exact) mass is 274 g/mol. The highest BCUT2D eigenvalue weighted by Gasteiger charge is 2.03. The van der Waals surface area contributed by atoms with E-state index in [1.165, 1.54) is 11.6 Å². The molecule has 0 fully saturated rings. The molecule has 1 aromatic carbocycles. The van der Waals surface area contributed by atoms with E-state index in [2.05, 4.69) is 15.6 Å². The SMILES string of the molecule is CN=C(NCc1ccn(C)c1)NCc1ccccc1F. The van der Waals surface area contributed by atoms with Crippen LogP contribution in [-0.4, -0.2) is 17.6 Å². The average molecular weight is 274 g/mol. The number of aromatic nitrogens is 1. The topological polar surface area (TPSA) is 41.4 Å². The van der Waals surface area contributed by atoms with Gasteiger partial charge in [-0.25, -0.2) is 4.39 Å². The Hall–Kier alpha value is -2.30. The second-order valence-corrected chi connectivity index (χ2v) is 4.56. The number of nitrogens with one attached hydrogen (secondary N) is 2. The first-order valence-electron chi connectivity index (χ1n) is 6.48. The number of halogens is 1. The Morgan fingerprint density at radius 3 is 2.60 bits per heavy atom. The molecule has 0 unspecified atom stereocenters. The van der Waals surface area contributed by atoms with Crippen molar-refractivity contribution in [2.75, 3.05) is 7.05 Å². The van der Waals surface area contributed by atoms with Gasteiger partial charge in [0.05, 0.1) is 0 Å². The second-order valence-electron chi connectivity index (χ2n) is 4.56. The van der Waals surface area contributed by atoms with Gasteiger partial charge in [-0.15, -0.1) is 0 Å². The smallest absolute Gasteiger partial charge is 0.191 e. The zero-order chi connectivity index (χ0) is 14.4. The minimum atomic E-state index is -0.210. The summed E-state index contributed by atoms with van der Waals surface area (Å²) in [6.45, 7) is 1.08. The summed E-state index contributed by atoms with van der Waals surface area (Å²) >= 11 is 0. The molecular formula is C15H19FN4. The first-order valence-corrected chi connectivity index (χ1v) is 6.48. The molecule has 0 saturated heterocycles. The molecule has 1 aromatic heterocycles. The fraction of sp³-hybridized carbons (Fsp3) is 0.267. The number of rotatable bonds is 4. The molecule has 5 heteroatoms. The number of hydrogen-bond acceptors (Lipinski definition) is 1. The van der Waals surface area contributed by atoms with Gasteiger partial charge >= 0.3 is 0 Å². The first-order chi connectivity index (χ1) is 9.69. The van der Waals surface area contributed by atoms with Crippen LogP contribution in [0, 0.1) is 5.82 Å². The quantitative estimate of drug-likeness (QED) is 0.661. The third-order valence-corrected chi connectivity index (χ3v) is 2.98. The van der Waals surface area contributed by atoms with E-state index in [1.54, 1.807) is 19.2 Å². The lowest BCUT2D eigenvalue weighted by Crippen LogP contribution is -2.36. The van der Waals surface area contributed by atoms with Crippen LogP contribution >= 0.6 is 0 Å². The van der Waals surface area contributed by atoms with E-state index >= 15 is 0 Å². The summed E-state index contributed by atoms with van der Waals surface area (Å²) in [5, 5.41) is 6.29. The number of nitrogens with zero attached hydrogens (tertiary/aromatic N) is 2. The molecule has 0 bridgehead atoms. The minimum Gasteiger partial charge on any atom is -0.357 e. The van der Waals surface area contributed by atoms with E-state index in [9.17, 15) is 4.39 Å². The molecule has 2 rings (SSSR count). The second kappa shape index (κ2) is 6.75. The van der Waals surface area contributed by atoms with Gasteiger partial charge in [0, 0.05) is 45.1 Å². The molecule has 2 N–H and O–H groups in total. The van der Waals surface area contributed by atoms with Gasteiger partial charge < -0.3 is 15.2 Å². The van der Waals surface area contributed by atoms with Gasteiger partial charge in [0.2, 0.25) is 0 Å². The van der Waals surface area contributed by atoms with Crippen LogP contribution in [0.5, 0.6) is 0 Å². The predicted molar refractivity (Wildman–Crippen MR) is 78.9 cm³/mol. The van der Waals surface area contributed by atoms with Gasteiger partial charge in [-0.3, -0.25) is 4.99 Å². The van der Waals surface area contributed by atoms with Gasteiger partial charge in [-0.1, -0.05) is 18.2 Å². The molecule has 0 aliphatic rings. The average Bonchev–Trinajstić information content (AvgIpc) is 2.86. The lowest BCUT2D eigenvalue weighted by atomic mass is 10.2. The fourth-order valence-electron chi connectivity index (χ4n) is 1.89. The molecule has 20 heavy (non-hydrogen) atoms. The molecule has 0 saturated carbocycles. The molecular weight excluding hydrogens is 255 g/mol. The molecule has 0 spiro atoms. The number of guanidine groups is 1. The standard InChI is InChI=1S/C15H19FN4/c1-17-15(18-9-12-7-8-20(2)11-12)19-10-13-5-3-4-6-14(13)16/h3-8,11H,9-10H2,1-2H3,(H2,17,18,19). The van der Waals surface area contributed by atoms with Gasteiger partial charge in [-0.2, -0.15) is 0 Å². The maximum atomic E-state index is 13.5. The summed E-state index contributed by atoms with van der Waals surface area (Å²) in [7, 11) is 3.68. The van der Waals surface area contributed by atoms with Gasteiger partial charge in [-0.05, 0) is 17.7 Å². The number of hydrogen-bond donors (Lipinski definition) is 2. The van der Waals surface area contributed by atoms with Crippen molar-refractivity contribution in [3.8, 4) is 0 Å². The molecule has 0 radical (unpaired) electrons. The van der Waals surface area contributed by atoms with Gasteiger partial charge in [0.15, 0.2) is 5.96 Å². The van der Waals surface area contributed by atoms with E-state index in [1.807, 2.05) is 36.1 Å². The normalized spacial score (nSPS) is 11.4. The van der Waals surface area contributed by atoms with Crippen LogP contribution in [0.15, 0.2) is 47.7 Å². The Morgan fingerprint density at radius 2 is 1.95 bits per heavy atom. The van der Waals surface area contributed by atoms with Crippen LogP contribution in [0.2, 0.25) is 0 Å². The van der Waals surface area contributed by atoms with Crippen LogP contribution in [0.4, 0.5) is 4.39 Å². The summed E-state index contributed by atoms with van der Waals surface area (Å²) in [6.07, 6.45) is 4.03. The zero-order valence-electron chi connectivity index (χ0n) is 11.7. The summed E-state index contributed by atoms with van der Waals surface area (Å²) in [4.78, 5) is 4.12. The predicted octanol–water partition coefficient (Wildman–Crippen LogP) is 2.03. The number of benzene rings is 1. The molecule has 0 aliphatic carbocycles. The summed E-state index contributed by atoms with van der Waals surface area (Å²) in [5.41, 5.74) is 1.79. The Labute approximate surface area is 118 Å². The molecule has 1 heterocycles. The van der Waals surface area contributed by atoms with Crippen LogP contribution in [0.3, 0.4) is 0 Å². The van der Waals surface area contributed by atoms with Crippen molar-refractivity contribution in [3.05, 3.63) is 59.7 Å². The third-order valence-electron chi connectivity index (χ3n) is 2.98. The number of aliphatic imine (C=N–C) groups is 1. The Balaban J connectivity index is 1.85. The lowest BCUT2D eigenvalue weighted by Gasteiger charge is -2.11. The van der Waals surface area contributed by atoms with Crippen LogP contribution in [0.1, 0.15) is 11.1 Å². The van der Waals surface area contributed by atoms with Crippen molar-refractivity contribution < 1.29 is 4.39 Å². The Morgan fingerprint density at radius 1 is 1.20 bits per heavy atom. The van der Waals surface area contributed by atoms with Crippen molar-refractivity contribution >= 4 is 5.96 Å². The lowest BCUT2D eigenvalue weighted by molar-refractivity contribution is 0.604. The van der Waals surface area contributed by atoms with Crippen LogP contribution in [-0.2, 0) is 20.1 Å². The van der Waals surface area contributed by atoms with Crippen molar-refractivity contribution in [1.29, 1.82) is 0 Å². The Bertz CT molecular complexity index is 589. The van der Waals surface area contributed by atoms with Crippen molar-refractivity contribution in [2.24, 2.45) is 12.0 Å². The molecule has 4 nitrogen and oxygen atoms in total. The van der Waals surface area contributed by atoms with Crippen molar-refractivity contribution in [1.82, 2.24) is 15.2 Å². The van der Waals surface area contributed by atoms with Crippen LogP contribution in [0.25, 0.3) is 0 Å². The highest BCUT2D eigenvalue weighted by atomic mass is 19.1. The van der Waals surface area contributed by atoms with Gasteiger partial charge in [0.1, 0.15) is 5.82 Å². The van der Waals surface area contributed by atoms with Crippen molar-refractivity contribution in [3.63, 3.8) is 0 Å². The summed E-state index contributed by atoms with van der Waals surface area (Å²) in [5.74, 6) is 0.440.